The lowest BCUT2D eigenvalue weighted by Crippen LogP contribution is -2.55. The van der Waals surface area contributed by atoms with Crippen LogP contribution in [0.4, 0.5) is 10.2 Å². The Morgan fingerprint density at radius 3 is 2.50 bits per heavy atom. The Morgan fingerprint density at radius 1 is 1.29 bits per heavy atom. The van der Waals surface area contributed by atoms with Crippen LogP contribution in [0.15, 0.2) is 18.2 Å². The predicted octanol–water partition coefficient (Wildman–Crippen LogP) is 2.38. The summed E-state index contributed by atoms with van der Waals surface area (Å²) in [7, 11) is 0. The summed E-state index contributed by atoms with van der Waals surface area (Å²) in [5.74, 6) is 0.380. The maximum Gasteiger partial charge on any atom is 0.237 e. The van der Waals surface area contributed by atoms with Crippen molar-refractivity contribution in [2.45, 2.75) is 52.7 Å². The summed E-state index contributed by atoms with van der Waals surface area (Å²) >= 11 is 0. The third-order valence-corrected chi connectivity index (χ3v) is 4.47. The van der Waals surface area contributed by atoms with Crippen molar-refractivity contribution < 1.29 is 9.18 Å². The van der Waals surface area contributed by atoms with E-state index >= 15 is 0 Å². The van der Waals surface area contributed by atoms with Crippen LogP contribution < -0.4 is 4.90 Å². The molecule has 0 aliphatic carbocycles. The molecule has 0 aromatic carbocycles. The Bertz CT molecular complexity index is 556. The van der Waals surface area contributed by atoms with Crippen LogP contribution in [0.5, 0.6) is 0 Å². The fourth-order valence-corrected chi connectivity index (χ4v) is 3.52. The fraction of sp³-hybridized carbons (Fsp3) is 0.667. The summed E-state index contributed by atoms with van der Waals surface area (Å²) in [6.45, 7) is 13.0. The van der Waals surface area contributed by atoms with E-state index in [1.165, 1.54) is 6.07 Å². The number of carbonyl (C=O) groups excluding carboxylic acids is 1. The number of halogens is 1. The summed E-state index contributed by atoms with van der Waals surface area (Å²) in [6, 6.07) is 5.46. The SMILES string of the molecule is CC1CN(CC(=O)N(C(C)C)C(C)C)CCN1c1cccc(F)n1. The molecule has 1 fully saturated rings. The molecule has 1 unspecified atom stereocenters. The summed E-state index contributed by atoms with van der Waals surface area (Å²) in [4.78, 5) is 22.8. The van der Waals surface area contributed by atoms with E-state index < -0.39 is 5.95 Å². The zero-order valence-corrected chi connectivity index (χ0v) is 15.4. The normalized spacial score (nSPS) is 19.2. The quantitative estimate of drug-likeness (QED) is 0.774. The lowest BCUT2D eigenvalue weighted by molar-refractivity contribution is -0.136. The van der Waals surface area contributed by atoms with Crippen molar-refractivity contribution in [3.8, 4) is 0 Å². The van der Waals surface area contributed by atoms with E-state index in [0.717, 1.165) is 19.6 Å². The molecule has 1 aromatic rings. The number of carbonyl (C=O) groups is 1. The Labute approximate surface area is 144 Å². The number of aromatic nitrogens is 1. The van der Waals surface area contributed by atoms with Gasteiger partial charge in [0, 0.05) is 37.8 Å². The first-order valence-corrected chi connectivity index (χ1v) is 8.72. The van der Waals surface area contributed by atoms with Crippen molar-refractivity contribution in [2.75, 3.05) is 31.1 Å². The van der Waals surface area contributed by atoms with Gasteiger partial charge in [0.25, 0.3) is 0 Å². The van der Waals surface area contributed by atoms with Gasteiger partial charge in [0.15, 0.2) is 0 Å². The molecule has 0 N–H and O–H groups in total. The van der Waals surface area contributed by atoms with Crippen molar-refractivity contribution in [1.82, 2.24) is 14.8 Å². The average Bonchev–Trinajstić information content (AvgIpc) is 2.46. The van der Waals surface area contributed by atoms with Crippen molar-refractivity contribution in [3.05, 3.63) is 24.1 Å². The van der Waals surface area contributed by atoms with E-state index in [-0.39, 0.29) is 24.0 Å². The molecule has 1 aromatic heterocycles. The van der Waals surface area contributed by atoms with Crippen LogP contribution in [-0.2, 0) is 4.79 Å². The number of anilines is 1. The van der Waals surface area contributed by atoms with Crippen molar-refractivity contribution >= 4 is 11.7 Å². The minimum Gasteiger partial charge on any atom is -0.351 e. The smallest absolute Gasteiger partial charge is 0.237 e. The molecule has 1 aliphatic rings. The fourth-order valence-electron chi connectivity index (χ4n) is 3.52. The molecular weight excluding hydrogens is 307 g/mol. The summed E-state index contributed by atoms with van der Waals surface area (Å²) < 4.78 is 13.3. The molecule has 1 atom stereocenters. The van der Waals surface area contributed by atoms with Crippen LogP contribution in [0.1, 0.15) is 34.6 Å². The lowest BCUT2D eigenvalue weighted by atomic mass is 10.1. The first kappa shape index (κ1) is 18.6. The Hall–Kier alpha value is -1.69. The molecule has 0 saturated carbocycles. The van der Waals surface area contributed by atoms with Crippen LogP contribution in [0.3, 0.4) is 0 Å². The number of rotatable bonds is 5. The van der Waals surface area contributed by atoms with Gasteiger partial charge in [-0.15, -0.1) is 0 Å². The third-order valence-electron chi connectivity index (χ3n) is 4.47. The van der Waals surface area contributed by atoms with Crippen molar-refractivity contribution in [1.29, 1.82) is 0 Å². The molecule has 1 aliphatic heterocycles. The van der Waals surface area contributed by atoms with Gasteiger partial charge in [0.1, 0.15) is 5.82 Å². The van der Waals surface area contributed by atoms with Gasteiger partial charge in [0.2, 0.25) is 11.9 Å². The van der Waals surface area contributed by atoms with Crippen LogP contribution in [0.25, 0.3) is 0 Å². The van der Waals surface area contributed by atoms with Crippen molar-refractivity contribution in [2.24, 2.45) is 0 Å². The van der Waals surface area contributed by atoms with Gasteiger partial charge < -0.3 is 9.80 Å². The molecule has 2 heterocycles. The minimum absolute atomic E-state index is 0.171. The Kier molecular flexibility index (Phi) is 6.15. The third kappa shape index (κ3) is 4.44. The second kappa shape index (κ2) is 7.92. The molecule has 0 radical (unpaired) electrons. The molecular formula is C18H29FN4O. The topological polar surface area (TPSA) is 39.7 Å². The molecule has 24 heavy (non-hydrogen) atoms. The van der Waals surface area contributed by atoms with E-state index in [0.29, 0.717) is 12.4 Å². The van der Waals surface area contributed by atoms with E-state index in [1.54, 1.807) is 6.07 Å². The Morgan fingerprint density at radius 2 is 1.96 bits per heavy atom. The second-order valence-electron chi connectivity index (χ2n) is 7.08. The summed E-state index contributed by atoms with van der Waals surface area (Å²) in [5.41, 5.74) is 0. The van der Waals surface area contributed by atoms with Crippen molar-refractivity contribution in [3.63, 3.8) is 0 Å². The molecule has 2 rings (SSSR count). The minimum atomic E-state index is -0.457. The highest BCUT2D eigenvalue weighted by atomic mass is 19.1. The van der Waals surface area contributed by atoms with Gasteiger partial charge in [-0.1, -0.05) is 6.07 Å². The van der Waals surface area contributed by atoms with Gasteiger partial charge in [-0.3, -0.25) is 9.69 Å². The summed E-state index contributed by atoms with van der Waals surface area (Å²) in [6.07, 6.45) is 0. The highest BCUT2D eigenvalue weighted by molar-refractivity contribution is 5.78. The largest absolute Gasteiger partial charge is 0.351 e. The van der Waals surface area contributed by atoms with E-state index in [4.69, 9.17) is 0 Å². The Balaban J connectivity index is 1.97. The van der Waals surface area contributed by atoms with Gasteiger partial charge in [-0.2, -0.15) is 4.39 Å². The predicted molar refractivity (Wildman–Crippen MR) is 94.6 cm³/mol. The van der Waals surface area contributed by atoms with E-state index in [1.807, 2.05) is 38.7 Å². The van der Waals surface area contributed by atoms with E-state index in [9.17, 15) is 9.18 Å². The molecule has 0 bridgehead atoms. The zero-order valence-electron chi connectivity index (χ0n) is 15.4. The van der Waals surface area contributed by atoms with Gasteiger partial charge in [-0.05, 0) is 46.8 Å². The van der Waals surface area contributed by atoms with Crippen LogP contribution in [-0.4, -0.2) is 65.0 Å². The first-order valence-electron chi connectivity index (χ1n) is 8.72. The average molecular weight is 336 g/mol. The number of nitrogens with zero attached hydrogens (tertiary/aromatic N) is 4. The first-order chi connectivity index (χ1) is 11.3. The summed E-state index contributed by atoms with van der Waals surface area (Å²) in [5, 5.41) is 0. The van der Waals surface area contributed by atoms with Crippen LogP contribution in [0.2, 0.25) is 0 Å². The number of hydrogen-bond acceptors (Lipinski definition) is 4. The second-order valence-corrected chi connectivity index (χ2v) is 7.08. The van der Waals surface area contributed by atoms with E-state index in [2.05, 4.69) is 21.7 Å². The van der Waals surface area contributed by atoms with Gasteiger partial charge in [-0.25, -0.2) is 4.98 Å². The zero-order chi connectivity index (χ0) is 17.9. The maximum absolute atomic E-state index is 13.3. The molecule has 5 nitrogen and oxygen atoms in total. The molecule has 0 spiro atoms. The standard InChI is InChI=1S/C18H29FN4O/c1-13(2)23(14(3)4)18(24)12-21-9-10-22(15(5)11-21)17-8-6-7-16(19)20-17/h6-8,13-15H,9-12H2,1-5H3. The highest BCUT2D eigenvalue weighted by Crippen LogP contribution is 2.19. The number of pyridine rings is 1. The van der Waals surface area contributed by atoms with Gasteiger partial charge in [0.05, 0.1) is 6.54 Å². The lowest BCUT2D eigenvalue weighted by Gasteiger charge is -2.41. The van der Waals surface area contributed by atoms with Crippen LogP contribution >= 0.6 is 0 Å². The monoisotopic (exact) mass is 336 g/mol. The molecule has 1 saturated heterocycles. The highest BCUT2D eigenvalue weighted by Gasteiger charge is 2.28. The number of amides is 1. The molecule has 134 valence electrons. The van der Waals surface area contributed by atoms with Crippen LogP contribution in [0, 0.1) is 5.95 Å². The molecule has 1 amide bonds. The molecule has 6 heteroatoms. The number of hydrogen-bond donors (Lipinski definition) is 0. The number of piperazine rings is 1. The van der Waals surface area contributed by atoms with Gasteiger partial charge >= 0.3 is 0 Å². The maximum atomic E-state index is 13.3.